The minimum absolute atomic E-state index is 0.149. The van der Waals surface area contributed by atoms with Gasteiger partial charge < -0.3 is 5.11 Å². The fourth-order valence-corrected chi connectivity index (χ4v) is 2.11. The Balaban J connectivity index is 2.30. The van der Waals surface area contributed by atoms with Crippen molar-refractivity contribution in [2.75, 3.05) is 7.05 Å². The van der Waals surface area contributed by atoms with Crippen LogP contribution in [-0.2, 0) is 0 Å². The van der Waals surface area contributed by atoms with E-state index in [9.17, 15) is 9.90 Å². The molecule has 0 radical (unpaired) electrons. The van der Waals surface area contributed by atoms with Gasteiger partial charge in [0, 0.05) is 12.0 Å². The van der Waals surface area contributed by atoms with E-state index in [1.54, 1.807) is 7.05 Å². The number of carbonyl (C=O) groups is 1. The van der Waals surface area contributed by atoms with Gasteiger partial charge in [0.15, 0.2) is 5.78 Å². The standard InChI is InChI=1S/C17H19NO2/c1-3-16(19)13-9-7-12(8-10-13)14-5-4-6-15(11-14)17(20)18-2/h4-11,17-18,20H,3H2,1-2H3. The van der Waals surface area contributed by atoms with E-state index in [2.05, 4.69) is 5.32 Å². The third kappa shape index (κ3) is 3.13. The Hall–Kier alpha value is -1.97. The molecule has 2 aromatic carbocycles. The maximum atomic E-state index is 11.6. The number of nitrogens with one attached hydrogen (secondary N) is 1. The summed E-state index contributed by atoms with van der Waals surface area (Å²) in [6.07, 6.45) is -0.153. The summed E-state index contributed by atoms with van der Waals surface area (Å²) in [5.74, 6) is 0.149. The molecule has 0 heterocycles. The second kappa shape index (κ2) is 6.46. The van der Waals surface area contributed by atoms with Gasteiger partial charge in [-0.25, -0.2) is 0 Å². The van der Waals surface area contributed by atoms with Crippen LogP contribution in [0.5, 0.6) is 0 Å². The van der Waals surface area contributed by atoms with Gasteiger partial charge in [-0.1, -0.05) is 49.4 Å². The molecule has 0 amide bonds. The number of benzene rings is 2. The van der Waals surface area contributed by atoms with Gasteiger partial charge in [0.2, 0.25) is 0 Å². The second-order valence-electron chi connectivity index (χ2n) is 4.67. The molecule has 2 N–H and O–H groups in total. The number of Topliss-reactive ketones (excluding diaryl/α,β-unsaturated/α-hetero) is 1. The molecular weight excluding hydrogens is 250 g/mol. The zero-order valence-electron chi connectivity index (χ0n) is 11.8. The number of ketones is 1. The topological polar surface area (TPSA) is 49.3 Å². The lowest BCUT2D eigenvalue weighted by Gasteiger charge is -2.11. The molecule has 3 heteroatoms. The molecule has 0 spiro atoms. The molecule has 2 rings (SSSR count). The van der Waals surface area contributed by atoms with Gasteiger partial charge in [0.1, 0.15) is 6.23 Å². The molecule has 0 aromatic heterocycles. The molecule has 0 bridgehead atoms. The Kier molecular flexibility index (Phi) is 4.66. The van der Waals surface area contributed by atoms with E-state index in [4.69, 9.17) is 0 Å². The van der Waals surface area contributed by atoms with Crippen molar-refractivity contribution in [1.29, 1.82) is 0 Å². The summed E-state index contributed by atoms with van der Waals surface area (Å²) in [6, 6.07) is 15.3. The van der Waals surface area contributed by atoms with Crippen molar-refractivity contribution >= 4 is 5.78 Å². The number of aliphatic hydroxyl groups excluding tert-OH is 1. The van der Waals surface area contributed by atoms with Crippen LogP contribution >= 0.6 is 0 Å². The molecule has 0 aliphatic rings. The average molecular weight is 269 g/mol. The molecule has 2 aromatic rings. The van der Waals surface area contributed by atoms with E-state index in [1.165, 1.54) is 0 Å². The Morgan fingerprint density at radius 1 is 1.15 bits per heavy atom. The van der Waals surface area contributed by atoms with Crippen molar-refractivity contribution < 1.29 is 9.90 Å². The number of aliphatic hydroxyl groups is 1. The van der Waals surface area contributed by atoms with Crippen LogP contribution in [-0.4, -0.2) is 17.9 Å². The van der Waals surface area contributed by atoms with Crippen LogP contribution in [0.15, 0.2) is 48.5 Å². The molecule has 0 aliphatic carbocycles. The third-order valence-corrected chi connectivity index (χ3v) is 3.34. The molecule has 104 valence electrons. The SMILES string of the molecule is CCC(=O)c1ccc(-c2cccc(C(O)NC)c2)cc1. The van der Waals surface area contributed by atoms with Crippen LogP contribution in [0.2, 0.25) is 0 Å². The van der Waals surface area contributed by atoms with Crippen molar-refractivity contribution in [2.45, 2.75) is 19.6 Å². The maximum absolute atomic E-state index is 11.6. The zero-order chi connectivity index (χ0) is 14.5. The van der Waals surface area contributed by atoms with E-state index in [0.717, 1.165) is 22.3 Å². The Morgan fingerprint density at radius 3 is 2.45 bits per heavy atom. The number of hydrogen-bond acceptors (Lipinski definition) is 3. The van der Waals surface area contributed by atoms with E-state index in [0.29, 0.717) is 6.42 Å². The number of hydrogen-bond donors (Lipinski definition) is 2. The number of rotatable bonds is 5. The van der Waals surface area contributed by atoms with Crippen LogP contribution in [0, 0.1) is 0 Å². The van der Waals surface area contributed by atoms with Crippen LogP contribution in [0.3, 0.4) is 0 Å². The van der Waals surface area contributed by atoms with Gasteiger partial charge in [-0.15, -0.1) is 0 Å². The van der Waals surface area contributed by atoms with Crippen molar-refractivity contribution in [1.82, 2.24) is 5.32 Å². The first kappa shape index (κ1) is 14.4. The zero-order valence-corrected chi connectivity index (χ0v) is 11.8. The molecule has 20 heavy (non-hydrogen) atoms. The van der Waals surface area contributed by atoms with Crippen molar-refractivity contribution in [3.8, 4) is 11.1 Å². The average Bonchev–Trinajstić information content (AvgIpc) is 2.53. The number of carbonyl (C=O) groups excluding carboxylic acids is 1. The van der Waals surface area contributed by atoms with Gasteiger partial charge in [0.25, 0.3) is 0 Å². The highest BCUT2D eigenvalue weighted by Gasteiger charge is 2.07. The highest BCUT2D eigenvalue weighted by Crippen LogP contribution is 2.23. The normalized spacial score (nSPS) is 12.2. The summed E-state index contributed by atoms with van der Waals surface area (Å²) in [5.41, 5.74) is 3.61. The first-order chi connectivity index (χ1) is 9.65. The molecule has 1 unspecified atom stereocenters. The first-order valence-corrected chi connectivity index (χ1v) is 6.74. The van der Waals surface area contributed by atoms with Crippen LogP contribution < -0.4 is 5.32 Å². The van der Waals surface area contributed by atoms with E-state index >= 15 is 0 Å². The molecule has 0 saturated carbocycles. The van der Waals surface area contributed by atoms with Crippen LogP contribution in [0.25, 0.3) is 11.1 Å². The third-order valence-electron chi connectivity index (χ3n) is 3.34. The predicted octanol–water partition coefficient (Wildman–Crippen LogP) is 3.16. The highest BCUT2D eigenvalue weighted by molar-refractivity contribution is 5.96. The molecule has 0 saturated heterocycles. The summed E-state index contributed by atoms with van der Waals surface area (Å²) in [6.45, 7) is 1.86. The van der Waals surface area contributed by atoms with Crippen molar-refractivity contribution in [2.24, 2.45) is 0 Å². The summed E-state index contributed by atoms with van der Waals surface area (Å²) in [4.78, 5) is 11.6. The van der Waals surface area contributed by atoms with Gasteiger partial charge >= 0.3 is 0 Å². The molecular formula is C17H19NO2. The lowest BCUT2D eigenvalue weighted by Crippen LogP contribution is -2.14. The van der Waals surface area contributed by atoms with Crippen LogP contribution in [0.4, 0.5) is 0 Å². The van der Waals surface area contributed by atoms with Gasteiger partial charge in [-0.05, 0) is 29.8 Å². The van der Waals surface area contributed by atoms with Crippen molar-refractivity contribution in [3.05, 3.63) is 59.7 Å². The fraction of sp³-hybridized carbons (Fsp3) is 0.235. The van der Waals surface area contributed by atoms with Gasteiger partial charge in [0.05, 0.1) is 0 Å². The largest absolute Gasteiger partial charge is 0.374 e. The second-order valence-corrected chi connectivity index (χ2v) is 4.67. The van der Waals surface area contributed by atoms with E-state index in [1.807, 2.05) is 55.5 Å². The summed E-state index contributed by atoms with van der Waals surface area (Å²) in [7, 11) is 1.71. The van der Waals surface area contributed by atoms with Crippen molar-refractivity contribution in [3.63, 3.8) is 0 Å². The predicted molar refractivity (Wildman–Crippen MR) is 80.5 cm³/mol. The van der Waals surface area contributed by atoms with Gasteiger partial charge in [-0.2, -0.15) is 0 Å². The Morgan fingerprint density at radius 2 is 1.85 bits per heavy atom. The fourth-order valence-electron chi connectivity index (χ4n) is 2.11. The maximum Gasteiger partial charge on any atom is 0.162 e. The highest BCUT2D eigenvalue weighted by atomic mass is 16.3. The van der Waals surface area contributed by atoms with E-state index in [-0.39, 0.29) is 5.78 Å². The molecule has 0 fully saturated rings. The lowest BCUT2D eigenvalue weighted by atomic mass is 10.00. The monoisotopic (exact) mass is 269 g/mol. The smallest absolute Gasteiger partial charge is 0.162 e. The van der Waals surface area contributed by atoms with E-state index < -0.39 is 6.23 Å². The minimum Gasteiger partial charge on any atom is -0.374 e. The molecule has 0 aliphatic heterocycles. The summed E-state index contributed by atoms with van der Waals surface area (Å²) >= 11 is 0. The quantitative estimate of drug-likeness (QED) is 0.647. The summed E-state index contributed by atoms with van der Waals surface area (Å²) < 4.78 is 0. The van der Waals surface area contributed by atoms with Crippen LogP contribution in [0.1, 0.15) is 35.5 Å². The minimum atomic E-state index is -0.670. The molecule has 1 atom stereocenters. The molecule has 3 nitrogen and oxygen atoms in total. The lowest BCUT2D eigenvalue weighted by molar-refractivity contribution is 0.0988. The van der Waals surface area contributed by atoms with Gasteiger partial charge in [-0.3, -0.25) is 10.1 Å². The Bertz CT molecular complexity index is 590. The summed E-state index contributed by atoms with van der Waals surface area (Å²) in [5, 5.41) is 12.6. The Labute approximate surface area is 119 Å². The first-order valence-electron chi connectivity index (χ1n) is 6.74.